The van der Waals surface area contributed by atoms with Crippen LogP contribution in [0.1, 0.15) is 10.4 Å². The second-order valence-electron chi connectivity index (χ2n) is 5.66. The largest absolute Gasteiger partial charge is 0.336 e. The molecule has 0 spiro atoms. The Balaban J connectivity index is 1.88. The number of benzene rings is 2. The van der Waals surface area contributed by atoms with Crippen molar-refractivity contribution in [2.24, 2.45) is 0 Å². The van der Waals surface area contributed by atoms with E-state index in [4.69, 9.17) is 0 Å². The highest BCUT2D eigenvalue weighted by Gasteiger charge is 2.23. The summed E-state index contributed by atoms with van der Waals surface area (Å²) in [6.45, 7) is 2.94. The Morgan fingerprint density at radius 2 is 1.64 bits per heavy atom. The molecule has 1 heterocycles. The third-order valence-electron chi connectivity index (χ3n) is 4.09. The number of carbonyl (C=O) groups excluding carboxylic acids is 1. The van der Waals surface area contributed by atoms with Crippen molar-refractivity contribution < 1.29 is 9.18 Å². The summed E-state index contributed by atoms with van der Waals surface area (Å²) in [5.74, 6) is -0.674. The van der Waals surface area contributed by atoms with Crippen LogP contribution >= 0.6 is 0 Å². The molecular formula is C18H19FN2O. The van der Waals surface area contributed by atoms with Gasteiger partial charge >= 0.3 is 0 Å². The Morgan fingerprint density at radius 1 is 0.955 bits per heavy atom. The molecule has 0 unspecified atom stereocenters. The maximum atomic E-state index is 14.1. The lowest BCUT2D eigenvalue weighted by atomic mass is 10.0. The van der Waals surface area contributed by atoms with Crippen LogP contribution in [0.3, 0.4) is 0 Å². The van der Waals surface area contributed by atoms with Crippen LogP contribution < -0.4 is 0 Å². The summed E-state index contributed by atoms with van der Waals surface area (Å²) in [5, 5.41) is 0. The second kappa shape index (κ2) is 6.28. The zero-order valence-electron chi connectivity index (χ0n) is 12.6. The van der Waals surface area contributed by atoms with E-state index >= 15 is 0 Å². The Bertz CT molecular complexity index is 664. The van der Waals surface area contributed by atoms with E-state index in [0.717, 1.165) is 24.2 Å². The van der Waals surface area contributed by atoms with Gasteiger partial charge in [-0.1, -0.05) is 36.4 Å². The van der Waals surface area contributed by atoms with Crippen molar-refractivity contribution in [3.63, 3.8) is 0 Å². The molecule has 0 bridgehead atoms. The standard InChI is InChI=1S/C18H19FN2O/c1-20-9-11-21(12-10-20)18(22)16-13-15(7-8-17(16)19)14-5-3-2-4-6-14/h2-8,13H,9-12H2,1H3. The van der Waals surface area contributed by atoms with E-state index in [-0.39, 0.29) is 11.5 Å². The molecule has 1 amide bonds. The van der Waals surface area contributed by atoms with Gasteiger partial charge in [-0.3, -0.25) is 4.79 Å². The van der Waals surface area contributed by atoms with Crippen LogP contribution in [0.25, 0.3) is 11.1 Å². The fourth-order valence-corrected chi connectivity index (χ4v) is 2.68. The number of likely N-dealkylation sites (N-methyl/N-ethyl adjacent to an activating group) is 1. The lowest BCUT2D eigenvalue weighted by molar-refractivity contribution is 0.0659. The molecule has 1 fully saturated rings. The Morgan fingerprint density at radius 3 is 2.32 bits per heavy atom. The number of hydrogen-bond acceptors (Lipinski definition) is 2. The van der Waals surface area contributed by atoms with Crippen LogP contribution in [-0.2, 0) is 0 Å². The Labute approximate surface area is 130 Å². The zero-order valence-corrected chi connectivity index (χ0v) is 12.6. The average Bonchev–Trinajstić information content (AvgIpc) is 2.56. The van der Waals surface area contributed by atoms with E-state index in [1.54, 1.807) is 17.0 Å². The molecule has 0 aliphatic carbocycles. The minimum absolute atomic E-state index is 0.158. The number of rotatable bonds is 2. The van der Waals surface area contributed by atoms with E-state index in [1.807, 2.05) is 37.4 Å². The SMILES string of the molecule is CN1CCN(C(=O)c2cc(-c3ccccc3)ccc2F)CC1. The normalized spacial score (nSPS) is 15.8. The number of amides is 1. The minimum atomic E-state index is -0.455. The van der Waals surface area contributed by atoms with Gasteiger partial charge in [0.15, 0.2) is 0 Å². The van der Waals surface area contributed by atoms with E-state index in [1.165, 1.54) is 6.07 Å². The fourth-order valence-electron chi connectivity index (χ4n) is 2.68. The summed E-state index contributed by atoms with van der Waals surface area (Å²) in [6, 6.07) is 14.5. The van der Waals surface area contributed by atoms with E-state index in [0.29, 0.717) is 13.1 Å². The van der Waals surface area contributed by atoms with Crippen LogP contribution in [0.5, 0.6) is 0 Å². The van der Waals surface area contributed by atoms with E-state index in [2.05, 4.69) is 4.90 Å². The maximum absolute atomic E-state index is 14.1. The first kappa shape index (κ1) is 14.7. The summed E-state index contributed by atoms with van der Waals surface area (Å²) in [6.07, 6.45) is 0. The molecule has 4 heteroatoms. The molecule has 3 rings (SSSR count). The van der Waals surface area contributed by atoms with Crippen molar-refractivity contribution in [2.75, 3.05) is 33.2 Å². The summed E-state index contributed by atoms with van der Waals surface area (Å²) in [4.78, 5) is 16.5. The van der Waals surface area contributed by atoms with Gasteiger partial charge in [-0.05, 0) is 30.3 Å². The highest BCUT2D eigenvalue weighted by Crippen LogP contribution is 2.23. The van der Waals surface area contributed by atoms with Gasteiger partial charge in [0, 0.05) is 26.2 Å². The van der Waals surface area contributed by atoms with Crippen molar-refractivity contribution in [1.29, 1.82) is 0 Å². The number of nitrogens with zero attached hydrogens (tertiary/aromatic N) is 2. The van der Waals surface area contributed by atoms with Crippen molar-refractivity contribution in [2.45, 2.75) is 0 Å². The number of piperazine rings is 1. The molecule has 2 aromatic rings. The third kappa shape index (κ3) is 3.02. The summed E-state index contributed by atoms with van der Waals surface area (Å²) < 4.78 is 14.1. The van der Waals surface area contributed by atoms with Crippen LogP contribution in [0, 0.1) is 5.82 Å². The molecule has 0 N–H and O–H groups in total. The topological polar surface area (TPSA) is 23.6 Å². The monoisotopic (exact) mass is 298 g/mol. The highest BCUT2D eigenvalue weighted by molar-refractivity contribution is 5.95. The lowest BCUT2D eigenvalue weighted by Crippen LogP contribution is -2.47. The van der Waals surface area contributed by atoms with Gasteiger partial charge in [0.1, 0.15) is 5.82 Å². The fraction of sp³-hybridized carbons (Fsp3) is 0.278. The molecule has 1 aliphatic rings. The first-order valence-electron chi connectivity index (χ1n) is 7.48. The average molecular weight is 298 g/mol. The van der Waals surface area contributed by atoms with Gasteiger partial charge in [0.2, 0.25) is 0 Å². The molecule has 1 saturated heterocycles. The van der Waals surface area contributed by atoms with Crippen LogP contribution in [0.2, 0.25) is 0 Å². The van der Waals surface area contributed by atoms with E-state index in [9.17, 15) is 9.18 Å². The van der Waals surface area contributed by atoms with Crippen LogP contribution in [0.15, 0.2) is 48.5 Å². The molecular weight excluding hydrogens is 279 g/mol. The molecule has 3 nitrogen and oxygen atoms in total. The highest BCUT2D eigenvalue weighted by atomic mass is 19.1. The second-order valence-corrected chi connectivity index (χ2v) is 5.66. The van der Waals surface area contributed by atoms with Gasteiger partial charge in [-0.25, -0.2) is 4.39 Å². The van der Waals surface area contributed by atoms with Gasteiger partial charge in [0.25, 0.3) is 5.91 Å². The third-order valence-corrected chi connectivity index (χ3v) is 4.09. The summed E-state index contributed by atoms with van der Waals surface area (Å²) >= 11 is 0. The number of hydrogen-bond donors (Lipinski definition) is 0. The molecule has 0 radical (unpaired) electrons. The van der Waals surface area contributed by atoms with Crippen molar-refractivity contribution in [3.05, 3.63) is 59.9 Å². The zero-order chi connectivity index (χ0) is 15.5. The molecule has 0 saturated carbocycles. The molecule has 114 valence electrons. The van der Waals surface area contributed by atoms with Crippen molar-refractivity contribution in [3.8, 4) is 11.1 Å². The smallest absolute Gasteiger partial charge is 0.256 e. The molecule has 0 aromatic heterocycles. The van der Waals surface area contributed by atoms with E-state index < -0.39 is 5.82 Å². The minimum Gasteiger partial charge on any atom is -0.336 e. The predicted molar refractivity (Wildman–Crippen MR) is 85.2 cm³/mol. The lowest BCUT2D eigenvalue weighted by Gasteiger charge is -2.32. The summed E-state index contributed by atoms with van der Waals surface area (Å²) in [5.41, 5.74) is 2.00. The van der Waals surface area contributed by atoms with Gasteiger partial charge in [-0.15, -0.1) is 0 Å². The van der Waals surface area contributed by atoms with Gasteiger partial charge < -0.3 is 9.80 Å². The van der Waals surface area contributed by atoms with Crippen molar-refractivity contribution >= 4 is 5.91 Å². The molecule has 0 atom stereocenters. The predicted octanol–water partition coefficient (Wildman–Crippen LogP) is 2.88. The molecule has 2 aromatic carbocycles. The van der Waals surface area contributed by atoms with Crippen LogP contribution in [0.4, 0.5) is 4.39 Å². The van der Waals surface area contributed by atoms with Gasteiger partial charge in [0.05, 0.1) is 5.56 Å². The van der Waals surface area contributed by atoms with Crippen LogP contribution in [-0.4, -0.2) is 48.9 Å². The van der Waals surface area contributed by atoms with Gasteiger partial charge in [-0.2, -0.15) is 0 Å². The Kier molecular flexibility index (Phi) is 4.20. The number of halogens is 1. The quantitative estimate of drug-likeness (QED) is 0.851. The first-order chi connectivity index (χ1) is 10.6. The first-order valence-corrected chi connectivity index (χ1v) is 7.48. The Hall–Kier alpha value is -2.20. The molecule has 1 aliphatic heterocycles. The maximum Gasteiger partial charge on any atom is 0.256 e. The summed E-state index contributed by atoms with van der Waals surface area (Å²) in [7, 11) is 2.03. The number of carbonyl (C=O) groups is 1. The van der Waals surface area contributed by atoms with Crippen molar-refractivity contribution in [1.82, 2.24) is 9.80 Å². The molecule has 22 heavy (non-hydrogen) atoms.